The normalized spacial score (nSPS) is 19.8. The van der Waals surface area contributed by atoms with Gasteiger partial charge >= 0.3 is 12.2 Å². The number of aryl methyl sites for hydroxylation is 1. The second-order valence-corrected chi connectivity index (χ2v) is 3.61. The highest BCUT2D eigenvalue weighted by Crippen LogP contribution is 2.39. The van der Waals surface area contributed by atoms with Gasteiger partial charge in [0.15, 0.2) is 6.04 Å². The number of carbonyl (C=O) groups is 1. The minimum absolute atomic E-state index is 0.0482. The summed E-state index contributed by atoms with van der Waals surface area (Å²) in [5.41, 5.74) is 0.905. The van der Waals surface area contributed by atoms with Crippen molar-refractivity contribution in [1.82, 2.24) is 5.32 Å². The molecule has 0 saturated carbocycles. The number of halogens is 3. The number of alkyl halides is 3. The maximum atomic E-state index is 12.7. The largest absolute Gasteiger partial charge is 0.413 e. The van der Waals surface area contributed by atoms with E-state index < -0.39 is 18.2 Å². The lowest BCUT2D eigenvalue weighted by Gasteiger charge is -2.29. The van der Waals surface area contributed by atoms with Crippen LogP contribution in [0.25, 0.3) is 0 Å². The summed E-state index contributed by atoms with van der Waals surface area (Å²) in [6.45, 7) is 1.65. The van der Waals surface area contributed by atoms with Crippen molar-refractivity contribution in [2.24, 2.45) is 0 Å². The summed E-state index contributed by atoms with van der Waals surface area (Å²) in [5.74, 6) is 0. The molecule has 0 saturated heterocycles. The van der Waals surface area contributed by atoms with E-state index in [2.05, 4.69) is 5.32 Å². The number of rotatable bonds is 0. The van der Waals surface area contributed by atoms with E-state index in [0.29, 0.717) is 5.56 Å². The average molecular weight is 230 g/mol. The Bertz CT molecular complexity index is 442. The second kappa shape index (κ2) is 3.40. The third kappa shape index (κ3) is 1.70. The van der Waals surface area contributed by atoms with Crippen molar-refractivity contribution < 1.29 is 18.0 Å². The van der Waals surface area contributed by atoms with Crippen LogP contribution < -0.4 is 10.6 Å². The number of amides is 2. The fourth-order valence-electron chi connectivity index (χ4n) is 1.72. The summed E-state index contributed by atoms with van der Waals surface area (Å²) in [6.07, 6.45) is -4.49. The lowest BCUT2D eigenvalue weighted by Crippen LogP contribution is -2.44. The van der Waals surface area contributed by atoms with Crippen LogP contribution in [0.1, 0.15) is 17.2 Å². The van der Waals surface area contributed by atoms with Crippen molar-refractivity contribution in [2.45, 2.75) is 19.1 Å². The highest BCUT2D eigenvalue weighted by Gasteiger charge is 2.45. The van der Waals surface area contributed by atoms with Crippen molar-refractivity contribution in [2.75, 3.05) is 5.32 Å². The van der Waals surface area contributed by atoms with Gasteiger partial charge < -0.3 is 10.6 Å². The standard InChI is InChI=1S/C10H9F3N2O/c1-5-3-2-4-6-7(5)14-9(16)15-8(6)10(11,12)13/h2-4,8H,1H3,(H2,14,15,16). The molecule has 0 aromatic heterocycles. The minimum atomic E-state index is -4.49. The molecule has 1 heterocycles. The molecule has 6 heteroatoms. The minimum Gasteiger partial charge on any atom is -0.322 e. The Morgan fingerprint density at radius 2 is 2.00 bits per heavy atom. The van der Waals surface area contributed by atoms with Gasteiger partial charge in [-0.15, -0.1) is 0 Å². The van der Waals surface area contributed by atoms with Gasteiger partial charge in [-0.05, 0) is 12.5 Å². The fourth-order valence-corrected chi connectivity index (χ4v) is 1.72. The molecule has 3 nitrogen and oxygen atoms in total. The summed E-state index contributed by atoms with van der Waals surface area (Å²) in [7, 11) is 0. The first-order valence-electron chi connectivity index (χ1n) is 4.63. The van der Waals surface area contributed by atoms with E-state index in [1.807, 2.05) is 5.32 Å². The Balaban J connectivity index is 2.55. The number of para-hydroxylation sites is 1. The van der Waals surface area contributed by atoms with Crippen LogP contribution in [0.3, 0.4) is 0 Å². The topological polar surface area (TPSA) is 41.1 Å². The number of benzene rings is 1. The number of nitrogens with one attached hydrogen (secondary N) is 2. The number of urea groups is 1. The smallest absolute Gasteiger partial charge is 0.322 e. The highest BCUT2D eigenvalue weighted by atomic mass is 19.4. The average Bonchev–Trinajstić information content (AvgIpc) is 2.17. The van der Waals surface area contributed by atoms with Crippen molar-refractivity contribution >= 4 is 11.7 Å². The third-order valence-electron chi connectivity index (χ3n) is 2.46. The van der Waals surface area contributed by atoms with Crippen molar-refractivity contribution in [3.8, 4) is 0 Å². The zero-order valence-electron chi connectivity index (χ0n) is 8.35. The molecule has 1 unspecified atom stereocenters. The van der Waals surface area contributed by atoms with Gasteiger partial charge in [-0.1, -0.05) is 18.2 Å². The molecule has 1 aliphatic heterocycles. The molecule has 1 aromatic carbocycles. The molecule has 2 amide bonds. The summed E-state index contributed by atoms with van der Waals surface area (Å²) in [4.78, 5) is 11.1. The highest BCUT2D eigenvalue weighted by molar-refractivity contribution is 5.94. The molecule has 0 spiro atoms. The molecule has 1 aliphatic rings. The third-order valence-corrected chi connectivity index (χ3v) is 2.46. The van der Waals surface area contributed by atoms with Gasteiger partial charge in [0.05, 0.1) is 5.69 Å². The number of fused-ring (bicyclic) bond motifs is 1. The molecular weight excluding hydrogens is 221 g/mol. The van der Waals surface area contributed by atoms with Crippen LogP contribution in [-0.2, 0) is 0 Å². The Morgan fingerprint density at radius 3 is 2.62 bits per heavy atom. The van der Waals surface area contributed by atoms with Crippen LogP contribution in [0, 0.1) is 6.92 Å². The molecule has 16 heavy (non-hydrogen) atoms. The Labute approximate surface area is 89.6 Å². The SMILES string of the molecule is Cc1cccc2c1NC(=O)NC2C(F)(F)F. The van der Waals surface area contributed by atoms with Gasteiger partial charge in [-0.25, -0.2) is 4.79 Å². The van der Waals surface area contributed by atoms with Gasteiger partial charge in [-0.3, -0.25) is 0 Å². The number of carbonyl (C=O) groups excluding carboxylic acids is 1. The van der Waals surface area contributed by atoms with E-state index in [0.717, 1.165) is 0 Å². The second-order valence-electron chi connectivity index (χ2n) is 3.61. The summed E-state index contributed by atoms with van der Waals surface area (Å²) in [6, 6.07) is 1.77. The lowest BCUT2D eigenvalue weighted by atomic mass is 9.99. The molecule has 2 N–H and O–H groups in total. The number of hydrogen-bond acceptors (Lipinski definition) is 1. The molecule has 86 valence electrons. The molecule has 1 atom stereocenters. The van der Waals surface area contributed by atoms with Crippen LogP contribution in [0.2, 0.25) is 0 Å². The molecule has 0 radical (unpaired) electrons. The first-order chi connectivity index (χ1) is 7.39. The van der Waals surface area contributed by atoms with Crippen LogP contribution in [0.5, 0.6) is 0 Å². The van der Waals surface area contributed by atoms with Crippen LogP contribution in [-0.4, -0.2) is 12.2 Å². The molecule has 0 fully saturated rings. The van der Waals surface area contributed by atoms with E-state index in [-0.39, 0.29) is 11.3 Å². The van der Waals surface area contributed by atoms with Crippen LogP contribution in [0.4, 0.5) is 23.7 Å². The van der Waals surface area contributed by atoms with E-state index in [9.17, 15) is 18.0 Å². The quantitative estimate of drug-likeness (QED) is 0.706. The van der Waals surface area contributed by atoms with E-state index in [1.165, 1.54) is 12.1 Å². The zero-order chi connectivity index (χ0) is 11.9. The maximum Gasteiger partial charge on any atom is 0.413 e. The fraction of sp³-hybridized carbons (Fsp3) is 0.300. The Kier molecular flexibility index (Phi) is 2.29. The number of hydrogen-bond donors (Lipinski definition) is 2. The summed E-state index contributed by atoms with van der Waals surface area (Å²) < 4.78 is 38.0. The van der Waals surface area contributed by atoms with Crippen molar-refractivity contribution in [1.29, 1.82) is 0 Å². The van der Waals surface area contributed by atoms with Gasteiger partial charge in [0.25, 0.3) is 0 Å². The van der Waals surface area contributed by atoms with E-state index >= 15 is 0 Å². The lowest BCUT2D eigenvalue weighted by molar-refractivity contribution is -0.155. The maximum absolute atomic E-state index is 12.7. The molecule has 2 rings (SSSR count). The Morgan fingerprint density at radius 1 is 1.31 bits per heavy atom. The van der Waals surface area contributed by atoms with Crippen LogP contribution in [0.15, 0.2) is 18.2 Å². The summed E-state index contributed by atoms with van der Waals surface area (Å²) >= 11 is 0. The predicted molar refractivity (Wildman–Crippen MR) is 52.1 cm³/mol. The Hall–Kier alpha value is -1.72. The molecule has 0 aliphatic carbocycles. The van der Waals surface area contributed by atoms with Gasteiger partial charge in [0.2, 0.25) is 0 Å². The van der Waals surface area contributed by atoms with Gasteiger partial charge in [0.1, 0.15) is 0 Å². The monoisotopic (exact) mass is 230 g/mol. The summed E-state index contributed by atoms with van der Waals surface area (Å²) in [5, 5.41) is 4.24. The van der Waals surface area contributed by atoms with Crippen molar-refractivity contribution in [3.63, 3.8) is 0 Å². The molecule has 1 aromatic rings. The van der Waals surface area contributed by atoms with Crippen molar-refractivity contribution in [3.05, 3.63) is 29.3 Å². The predicted octanol–water partition coefficient (Wildman–Crippen LogP) is 2.73. The molecular formula is C10H9F3N2O. The van der Waals surface area contributed by atoms with Crippen LogP contribution >= 0.6 is 0 Å². The van der Waals surface area contributed by atoms with Gasteiger partial charge in [0, 0.05) is 5.56 Å². The van der Waals surface area contributed by atoms with E-state index in [1.54, 1.807) is 13.0 Å². The first kappa shape index (κ1) is 10.8. The van der Waals surface area contributed by atoms with E-state index in [4.69, 9.17) is 0 Å². The van der Waals surface area contributed by atoms with Gasteiger partial charge in [-0.2, -0.15) is 13.2 Å². The number of anilines is 1. The zero-order valence-corrected chi connectivity index (χ0v) is 8.35. The molecule has 0 bridgehead atoms. The first-order valence-corrected chi connectivity index (χ1v) is 4.63.